The molecule has 6 nitrogen and oxygen atoms in total. The average Bonchev–Trinajstić information content (AvgIpc) is 2.65. The Labute approximate surface area is 150 Å². The first-order chi connectivity index (χ1) is 12.5. The predicted octanol–water partition coefficient (Wildman–Crippen LogP) is 1.80. The van der Waals surface area contributed by atoms with Crippen LogP contribution in [-0.4, -0.2) is 23.8 Å². The molecule has 0 aliphatic rings. The van der Waals surface area contributed by atoms with Gasteiger partial charge >= 0.3 is 0 Å². The summed E-state index contributed by atoms with van der Waals surface area (Å²) in [6.07, 6.45) is 2.91. The molecule has 26 heavy (non-hydrogen) atoms. The first-order valence-electron chi connectivity index (χ1n) is 7.85. The third kappa shape index (κ3) is 5.55. The molecule has 0 saturated heterocycles. The summed E-state index contributed by atoms with van der Waals surface area (Å²) in [5.74, 6) is -2.60. The third-order valence-electron chi connectivity index (χ3n) is 3.40. The van der Waals surface area contributed by atoms with Crippen molar-refractivity contribution in [3.8, 4) is 0 Å². The summed E-state index contributed by atoms with van der Waals surface area (Å²) in [7, 11) is 0. The molecule has 3 amide bonds. The summed E-state index contributed by atoms with van der Waals surface area (Å²) in [5, 5.41) is 2.46. The number of hydrogen-bond donors (Lipinski definition) is 3. The molecule has 2 aromatic rings. The molecule has 0 aliphatic heterocycles. The van der Waals surface area contributed by atoms with Crippen LogP contribution in [0.25, 0.3) is 6.08 Å². The van der Waals surface area contributed by atoms with Crippen LogP contribution in [0.1, 0.15) is 22.8 Å². The van der Waals surface area contributed by atoms with Crippen LogP contribution in [0.2, 0.25) is 0 Å². The lowest BCUT2D eigenvalue weighted by Crippen LogP contribution is -2.51. The second-order valence-corrected chi connectivity index (χ2v) is 5.40. The van der Waals surface area contributed by atoms with Crippen LogP contribution in [0.3, 0.4) is 0 Å². The van der Waals surface area contributed by atoms with Gasteiger partial charge in [-0.1, -0.05) is 42.5 Å². The summed E-state index contributed by atoms with van der Waals surface area (Å²) < 4.78 is 13.5. The number of rotatable bonds is 5. The topological polar surface area (TPSA) is 87.3 Å². The van der Waals surface area contributed by atoms with Gasteiger partial charge in [0.2, 0.25) is 5.91 Å². The number of carbonyl (C=O) groups is 3. The number of amides is 3. The minimum absolute atomic E-state index is 0.199. The maximum Gasteiger partial charge on any atom is 0.272 e. The molecular formula is C19H18FN3O3. The molecule has 2 aromatic carbocycles. The minimum Gasteiger partial charge on any atom is -0.341 e. The molecule has 7 heteroatoms. The predicted molar refractivity (Wildman–Crippen MR) is 95.1 cm³/mol. The van der Waals surface area contributed by atoms with Crippen molar-refractivity contribution >= 4 is 23.8 Å². The monoisotopic (exact) mass is 355 g/mol. The quantitative estimate of drug-likeness (QED) is 0.565. The molecule has 0 bridgehead atoms. The van der Waals surface area contributed by atoms with Crippen LogP contribution >= 0.6 is 0 Å². The van der Waals surface area contributed by atoms with Gasteiger partial charge in [-0.3, -0.25) is 25.2 Å². The zero-order valence-electron chi connectivity index (χ0n) is 14.0. The van der Waals surface area contributed by atoms with E-state index < -0.39 is 29.6 Å². The second-order valence-electron chi connectivity index (χ2n) is 5.40. The smallest absolute Gasteiger partial charge is 0.272 e. The molecule has 2 rings (SSSR count). The summed E-state index contributed by atoms with van der Waals surface area (Å²) in [5.41, 5.74) is 4.89. The number of carbonyl (C=O) groups excluding carboxylic acids is 3. The van der Waals surface area contributed by atoms with Crippen molar-refractivity contribution in [3.05, 3.63) is 77.6 Å². The van der Waals surface area contributed by atoms with Crippen molar-refractivity contribution in [2.24, 2.45) is 0 Å². The van der Waals surface area contributed by atoms with Crippen molar-refractivity contribution in [2.75, 3.05) is 0 Å². The molecule has 0 aromatic heterocycles. The molecule has 0 fully saturated rings. The van der Waals surface area contributed by atoms with E-state index in [9.17, 15) is 18.8 Å². The Hall–Kier alpha value is -3.48. The molecule has 0 heterocycles. The van der Waals surface area contributed by atoms with Crippen molar-refractivity contribution in [1.29, 1.82) is 0 Å². The standard InChI is InChI=1S/C19H18FN3O3/c1-13(21-17(24)12-11-14-7-3-2-4-8-14)18(25)22-23-19(26)15-9-5-6-10-16(15)20/h2-13H,1H3,(H,21,24)(H,22,25)(H,23,26)/b12-11+/t13-/m0/s1. The Kier molecular flexibility index (Phi) is 6.61. The van der Waals surface area contributed by atoms with E-state index in [1.165, 1.54) is 31.2 Å². The first kappa shape index (κ1) is 18.9. The van der Waals surface area contributed by atoms with Crippen LogP contribution in [0.5, 0.6) is 0 Å². The highest BCUT2D eigenvalue weighted by Gasteiger charge is 2.16. The lowest BCUT2D eigenvalue weighted by Gasteiger charge is -2.13. The minimum atomic E-state index is -0.899. The van der Waals surface area contributed by atoms with Gasteiger partial charge in [0.1, 0.15) is 11.9 Å². The van der Waals surface area contributed by atoms with Crippen LogP contribution < -0.4 is 16.2 Å². The van der Waals surface area contributed by atoms with E-state index >= 15 is 0 Å². The lowest BCUT2D eigenvalue weighted by molar-refractivity contribution is -0.127. The molecule has 0 aliphatic carbocycles. The number of hydrazine groups is 1. The maximum absolute atomic E-state index is 13.5. The molecule has 1 atom stereocenters. The van der Waals surface area contributed by atoms with Gasteiger partial charge in [0.05, 0.1) is 5.56 Å². The summed E-state index contributed by atoms with van der Waals surface area (Å²) in [6.45, 7) is 1.46. The van der Waals surface area contributed by atoms with E-state index in [1.807, 2.05) is 30.3 Å². The lowest BCUT2D eigenvalue weighted by atomic mass is 10.2. The highest BCUT2D eigenvalue weighted by atomic mass is 19.1. The Balaban J connectivity index is 1.82. The Morgan fingerprint density at radius 1 is 0.962 bits per heavy atom. The zero-order chi connectivity index (χ0) is 18.9. The van der Waals surface area contributed by atoms with Gasteiger partial charge in [-0.15, -0.1) is 0 Å². The van der Waals surface area contributed by atoms with Crippen molar-refractivity contribution in [3.63, 3.8) is 0 Å². The van der Waals surface area contributed by atoms with Gasteiger partial charge in [-0.2, -0.15) is 0 Å². The van der Waals surface area contributed by atoms with Gasteiger partial charge in [0.25, 0.3) is 11.8 Å². The van der Waals surface area contributed by atoms with Crippen molar-refractivity contribution in [2.45, 2.75) is 13.0 Å². The molecular weight excluding hydrogens is 337 g/mol. The highest BCUT2D eigenvalue weighted by molar-refractivity contribution is 5.98. The second kappa shape index (κ2) is 9.12. The van der Waals surface area contributed by atoms with E-state index in [4.69, 9.17) is 0 Å². The molecule has 134 valence electrons. The SMILES string of the molecule is C[C@H](NC(=O)/C=C/c1ccccc1)C(=O)NNC(=O)c1ccccc1F. The Morgan fingerprint density at radius 3 is 2.31 bits per heavy atom. The van der Waals surface area contributed by atoms with Crippen LogP contribution in [0.4, 0.5) is 4.39 Å². The number of nitrogens with one attached hydrogen (secondary N) is 3. The fourth-order valence-electron chi connectivity index (χ4n) is 2.00. The van der Waals surface area contributed by atoms with Crippen molar-refractivity contribution < 1.29 is 18.8 Å². The Morgan fingerprint density at radius 2 is 1.62 bits per heavy atom. The summed E-state index contributed by atoms with van der Waals surface area (Å²) in [4.78, 5) is 35.5. The third-order valence-corrected chi connectivity index (χ3v) is 3.40. The fraction of sp³-hybridized carbons (Fsp3) is 0.105. The van der Waals surface area contributed by atoms with E-state index in [0.29, 0.717) is 0 Å². The van der Waals surface area contributed by atoms with Gasteiger partial charge in [-0.05, 0) is 30.7 Å². The highest BCUT2D eigenvalue weighted by Crippen LogP contribution is 2.05. The van der Waals surface area contributed by atoms with Crippen LogP contribution in [0, 0.1) is 5.82 Å². The van der Waals surface area contributed by atoms with Gasteiger partial charge in [0.15, 0.2) is 0 Å². The first-order valence-corrected chi connectivity index (χ1v) is 7.85. The molecule has 0 spiro atoms. The van der Waals surface area contributed by atoms with Crippen LogP contribution in [0.15, 0.2) is 60.7 Å². The van der Waals surface area contributed by atoms with E-state index in [2.05, 4.69) is 16.2 Å². The number of halogens is 1. The van der Waals surface area contributed by atoms with Gasteiger partial charge in [0, 0.05) is 6.08 Å². The van der Waals surface area contributed by atoms with E-state index in [-0.39, 0.29) is 5.56 Å². The molecule has 0 unspecified atom stereocenters. The van der Waals surface area contributed by atoms with E-state index in [1.54, 1.807) is 6.08 Å². The van der Waals surface area contributed by atoms with Crippen molar-refractivity contribution in [1.82, 2.24) is 16.2 Å². The largest absolute Gasteiger partial charge is 0.341 e. The number of benzene rings is 2. The fourth-order valence-corrected chi connectivity index (χ4v) is 2.00. The average molecular weight is 355 g/mol. The van der Waals surface area contributed by atoms with Gasteiger partial charge < -0.3 is 5.32 Å². The molecule has 0 radical (unpaired) electrons. The summed E-state index contributed by atoms with van der Waals surface area (Å²) >= 11 is 0. The zero-order valence-corrected chi connectivity index (χ0v) is 14.0. The number of hydrogen-bond acceptors (Lipinski definition) is 3. The van der Waals surface area contributed by atoms with E-state index in [0.717, 1.165) is 11.6 Å². The maximum atomic E-state index is 13.5. The van der Waals surface area contributed by atoms with Crippen LogP contribution in [-0.2, 0) is 9.59 Å². The summed E-state index contributed by atoms with van der Waals surface area (Å²) in [6, 6.07) is 13.7. The Bertz CT molecular complexity index is 822. The van der Waals surface area contributed by atoms with Gasteiger partial charge in [-0.25, -0.2) is 4.39 Å². The molecule has 0 saturated carbocycles. The molecule has 3 N–H and O–H groups in total. The normalized spacial score (nSPS) is 11.6.